The number of hydrogen-bond donors (Lipinski definition) is 3. The van der Waals surface area contributed by atoms with Crippen molar-refractivity contribution in [3.05, 3.63) is 22.7 Å². The van der Waals surface area contributed by atoms with Gasteiger partial charge in [-0.25, -0.2) is 4.79 Å². The highest BCUT2D eigenvalue weighted by molar-refractivity contribution is 9.10. The number of anilines is 1. The van der Waals surface area contributed by atoms with Crippen LogP contribution in [0.15, 0.2) is 22.7 Å². The normalized spacial score (nSPS) is 12.1. The quantitative estimate of drug-likeness (QED) is 0.742. The van der Waals surface area contributed by atoms with Crippen LogP contribution in [0.1, 0.15) is 20.3 Å². The number of ether oxygens (including phenoxy) is 1. The molecule has 0 spiro atoms. The Morgan fingerprint density at radius 3 is 2.75 bits per heavy atom. The second-order valence-electron chi connectivity index (χ2n) is 4.83. The third-order valence-corrected chi connectivity index (χ3v) is 3.56. The van der Waals surface area contributed by atoms with Gasteiger partial charge in [-0.3, -0.25) is 0 Å². The lowest BCUT2D eigenvalue weighted by molar-refractivity contribution is 0.117. The summed E-state index contributed by atoms with van der Waals surface area (Å²) >= 11 is 3.35. The van der Waals surface area contributed by atoms with Crippen molar-refractivity contribution >= 4 is 27.6 Å². The van der Waals surface area contributed by atoms with E-state index in [1.54, 1.807) is 25.3 Å². The van der Waals surface area contributed by atoms with Gasteiger partial charge in [0.1, 0.15) is 5.75 Å². The lowest BCUT2D eigenvalue weighted by Crippen LogP contribution is -2.32. The number of nitrogens with one attached hydrogen (secondary N) is 2. The highest BCUT2D eigenvalue weighted by Crippen LogP contribution is 2.27. The molecule has 112 valence electrons. The van der Waals surface area contributed by atoms with Gasteiger partial charge in [0.05, 0.1) is 17.7 Å². The van der Waals surface area contributed by atoms with Gasteiger partial charge in [0.2, 0.25) is 0 Å². The fourth-order valence-electron chi connectivity index (χ4n) is 1.58. The fraction of sp³-hybridized carbons (Fsp3) is 0.500. The summed E-state index contributed by atoms with van der Waals surface area (Å²) in [7, 11) is 1.57. The second kappa shape index (κ2) is 8.11. The van der Waals surface area contributed by atoms with Crippen molar-refractivity contribution in [3.8, 4) is 5.75 Å². The van der Waals surface area contributed by atoms with E-state index in [1.165, 1.54) is 0 Å². The van der Waals surface area contributed by atoms with Gasteiger partial charge < -0.3 is 20.5 Å². The number of amides is 2. The Morgan fingerprint density at radius 2 is 2.15 bits per heavy atom. The van der Waals surface area contributed by atoms with Gasteiger partial charge in [-0.2, -0.15) is 0 Å². The zero-order chi connectivity index (χ0) is 15.1. The standard InChI is InChI=1S/C14H21BrN2O3/c1-9(2)12(18)6-7-16-14(19)17-10-4-5-11(15)13(8-10)20-3/h4-5,8-9,12,18H,6-7H2,1-3H3,(H2,16,17,19). The summed E-state index contributed by atoms with van der Waals surface area (Å²) in [5, 5.41) is 15.1. The highest BCUT2D eigenvalue weighted by atomic mass is 79.9. The predicted octanol–water partition coefficient (Wildman–Crippen LogP) is 2.99. The van der Waals surface area contributed by atoms with Gasteiger partial charge in [0, 0.05) is 18.3 Å². The number of benzene rings is 1. The molecule has 1 aromatic rings. The van der Waals surface area contributed by atoms with Crippen LogP contribution in [0.2, 0.25) is 0 Å². The molecule has 0 aromatic heterocycles. The van der Waals surface area contributed by atoms with Crippen LogP contribution in [-0.4, -0.2) is 30.9 Å². The Morgan fingerprint density at radius 1 is 1.45 bits per heavy atom. The average molecular weight is 345 g/mol. The number of methoxy groups -OCH3 is 1. The van der Waals surface area contributed by atoms with Gasteiger partial charge in [0.15, 0.2) is 0 Å². The van der Waals surface area contributed by atoms with E-state index in [9.17, 15) is 9.90 Å². The lowest BCUT2D eigenvalue weighted by Gasteiger charge is -2.15. The van der Waals surface area contributed by atoms with Crippen LogP contribution >= 0.6 is 15.9 Å². The molecule has 0 aliphatic rings. The van der Waals surface area contributed by atoms with Gasteiger partial charge in [-0.05, 0) is 40.4 Å². The minimum absolute atomic E-state index is 0.190. The fourth-order valence-corrected chi connectivity index (χ4v) is 1.99. The van der Waals surface area contributed by atoms with Crippen LogP contribution in [0.4, 0.5) is 10.5 Å². The molecule has 0 heterocycles. The molecule has 2 amide bonds. The van der Waals surface area contributed by atoms with Crippen LogP contribution in [0.3, 0.4) is 0 Å². The van der Waals surface area contributed by atoms with Gasteiger partial charge in [-0.1, -0.05) is 13.8 Å². The van der Waals surface area contributed by atoms with E-state index in [4.69, 9.17) is 4.74 Å². The minimum atomic E-state index is -0.400. The minimum Gasteiger partial charge on any atom is -0.495 e. The van der Waals surface area contributed by atoms with Crippen molar-refractivity contribution in [2.45, 2.75) is 26.4 Å². The van der Waals surface area contributed by atoms with E-state index < -0.39 is 6.10 Å². The summed E-state index contributed by atoms with van der Waals surface area (Å²) in [6.07, 6.45) is 0.137. The Kier molecular flexibility index (Phi) is 6.81. The molecule has 0 bridgehead atoms. The number of aliphatic hydroxyl groups is 1. The summed E-state index contributed by atoms with van der Waals surface area (Å²) in [5.41, 5.74) is 0.645. The molecule has 3 N–H and O–H groups in total. The van der Waals surface area contributed by atoms with Crippen LogP contribution in [0.25, 0.3) is 0 Å². The first-order valence-corrected chi connectivity index (χ1v) is 7.29. The maximum Gasteiger partial charge on any atom is 0.319 e. The maximum atomic E-state index is 11.7. The smallest absolute Gasteiger partial charge is 0.319 e. The SMILES string of the molecule is COc1cc(NC(=O)NCCC(O)C(C)C)ccc1Br. The van der Waals surface area contributed by atoms with Crippen molar-refractivity contribution in [2.24, 2.45) is 5.92 Å². The third-order valence-electron chi connectivity index (χ3n) is 2.90. The summed E-state index contributed by atoms with van der Waals surface area (Å²) in [5.74, 6) is 0.841. The topological polar surface area (TPSA) is 70.6 Å². The first-order valence-electron chi connectivity index (χ1n) is 6.50. The number of hydrogen-bond acceptors (Lipinski definition) is 3. The highest BCUT2D eigenvalue weighted by Gasteiger charge is 2.10. The molecule has 0 fully saturated rings. The zero-order valence-corrected chi connectivity index (χ0v) is 13.5. The molecule has 6 heteroatoms. The Balaban J connectivity index is 2.43. The number of carbonyl (C=O) groups excluding carboxylic acids is 1. The Hall–Kier alpha value is -1.27. The zero-order valence-electron chi connectivity index (χ0n) is 11.9. The number of rotatable bonds is 6. The van der Waals surface area contributed by atoms with E-state index in [-0.39, 0.29) is 11.9 Å². The predicted molar refractivity (Wildman–Crippen MR) is 83.2 cm³/mol. The van der Waals surface area contributed by atoms with E-state index >= 15 is 0 Å². The molecule has 0 aliphatic heterocycles. The molecular formula is C14H21BrN2O3. The largest absolute Gasteiger partial charge is 0.495 e. The summed E-state index contributed by atoms with van der Waals surface area (Å²) in [6.45, 7) is 4.32. The third kappa shape index (κ3) is 5.38. The van der Waals surface area contributed by atoms with Crippen LogP contribution < -0.4 is 15.4 Å². The van der Waals surface area contributed by atoms with Crippen molar-refractivity contribution in [1.29, 1.82) is 0 Å². The van der Waals surface area contributed by atoms with Gasteiger partial charge in [0.25, 0.3) is 0 Å². The van der Waals surface area contributed by atoms with E-state index in [1.807, 2.05) is 13.8 Å². The van der Waals surface area contributed by atoms with Gasteiger partial charge in [-0.15, -0.1) is 0 Å². The first kappa shape index (κ1) is 16.8. The Labute approximate surface area is 127 Å². The molecular weight excluding hydrogens is 324 g/mol. The Bertz CT molecular complexity index is 452. The summed E-state index contributed by atoms with van der Waals surface area (Å²) in [4.78, 5) is 11.7. The van der Waals surface area contributed by atoms with Crippen molar-refractivity contribution < 1.29 is 14.6 Å². The summed E-state index contributed by atoms with van der Waals surface area (Å²) < 4.78 is 5.98. The van der Waals surface area contributed by atoms with Crippen LogP contribution in [0, 0.1) is 5.92 Å². The van der Waals surface area contributed by atoms with E-state index in [2.05, 4.69) is 26.6 Å². The molecule has 1 rings (SSSR count). The molecule has 20 heavy (non-hydrogen) atoms. The molecule has 0 aliphatic carbocycles. The number of urea groups is 1. The molecule has 1 unspecified atom stereocenters. The monoisotopic (exact) mass is 344 g/mol. The average Bonchev–Trinajstić information content (AvgIpc) is 2.40. The first-order chi connectivity index (χ1) is 9.43. The van der Waals surface area contributed by atoms with Crippen molar-refractivity contribution in [3.63, 3.8) is 0 Å². The van der Waals surface area contributed by atoms with Gasteiger partial charge >= 0.3 is 6.03 Å². The van der Waals surface area contributed by atoms with E-state index in [0.29, 0.717) is 24.4 Å². The molecule has 5 nitrogen and oxygen atoms in total. The van der Waals surface area contributed by atoms with Crippen molar-refractivity contribution in [1.82, 2.24) is 5.32 Å². The molecule has 0 radical (unpaired) electrons. The number of carbonyl (C=O) groups is 1. The second-order valence-corrected chi connectivity index (χ2v) is 5.68. The van der Waals surface area contributed by atoms with E-state index in [0.717, 1.165) is 4.47 Å². The molecule has 0 saturated carbocycles. The number of halogens is 1. The maximum absolute atomic E-state index is 11.7. The molecule has 1 aromatic carbocycles. The molecule has 1 atom stereocenters. The lowest BCUT2D eigenvalue weighted by atomic mass is 10.0. The van der Waals surface area contributed by atoms with Crippen LogP contribution in [0.5, 0.6) is 5.75 Å². The van der Waals surface area contributed by atoms with Crippen molar-refractivity contribution in [2.75, 3.05) is 19.0 Å². The molecule has 0 saturated heterocycles. The summed E-state index contributed by atoms with van der Waals surface area (Å²) in [6, 6.07) is 5.00. The number of aliphatic hydroxyl groups excluding tert-OH is 1. The van der Waals surface area contributed by atoms with Crippen LogP contribution in [-0.2, 0) is 0 Å².